The summed E-state index contributed by atoms with van der Waals surface area (Å²) in [5.74, 6) is -0.139. The molecule has 0 saturated carbocycles. The Bertz CT molecular complexity index is 909. The van der Waals surface area contributed by atoms with E-state index in [9.17, 15) is 9.59 Å². The van der Waals surface area contributed by atoms with Crippen LogP contribution in [0.25, 0.3) is 0 Å². The number of nitrogens with one attached hydrogen (secondary N) is 4. The average Bonchev–Trinajstić information content (AvgIpc) is 3.18. The number of fused-ring (bicyclic) bond motifs is 1. The Morgan fingerprint density at radius 3 is 2.63 bits per heavy atom. The van der Waals surface area contributed by atoms with Crippen molar-refractivity contribution in [3.8, 4) is 0 Å². The summed E-state index contributed by atoms with van der Waals surface area (Å²) in [6.07, 6.45) is 0.753. The number of anilines is 2. The lowest BCUT2D eigenvalue weighted by molar-refractivity contribution is -0.127. The fourth-order valence-corrected chi connectivity index (χ4v) is 4.52. The van der Waals surface area contributed by atoms with Gasteiger partial charge in [0.1, 0.15) is 11.7 Å². The molecule has 0 radical (unpaired) electrons. The van der Waals surface area contributed by atoms with Crippen LogP contribution in [-0.2, 0) is 16.0 Å². The summed E-state index contributed by atoms with van der Waals surface area (Å²) in [7, 11) is 0. The molecule has 0 aliphatic carbocycles. The minimum absolute atomic E-state index is 0.0317. The van der Waals surface area contributed by atoms with Crippen molar-refractivity contribution < 1.29 is 9.59 Å². The van der Waals surface area contributed by atoms with Gasteiger partial charge in [-0.25, -0.2) is 5.43 Å². The van der Waals surface area contributed by atoms with Gasteiger partial charge < -0.3 is 10.6 Å². The molecule has 4 rings (SSSR count). The van der Waals surface area contributed by atoms with Crippen LogP contribution in [0.2, 0.25) is 5.02 Å². The van der Waals surface area contributed by atoms with Crippen molar-refractivity contribution >= 4 is 46.6 Å². The van der Waals surface area contributed by atoms with Crippen LogP contribution in [-0.4, -0.2) is 35.8 Å². The van der Waals surface area contributed by atoms with Crippen LogP contribution in [0.3, 0.4) is 0 Å². The third-order valence-corrected chi connectivity index (χ3v) is 6.47. The second-order valence-corrected chi connectivity index (χ2v) is 8.75. The van der Waals surface area contributed by atoms with Gasteiger partial charge in [-0.2, -0.15) is 0 Å². The summed E-state index contributed by atoms with van der Waals surface area (Å²) in [5.41, 5.74) is 5.83. The number of benzene rings is 2. The molecule has 9 heteroatoms. The van der Waals surface area contributed by atoms with Crippen molar-refractivity contribution in [3.05, 3.63) is 59.1 Å². The highest BCUT2D eigenvalue weighted by Gasteiger charge is 2.44. The van der Waals surface area contributed by atoms with Crippen LogP contribution in [0.15, 0.2) is 48.5 Å². The van der Waals surface area contributed by atoms with Gasteiger partial charge in [0.2, 0.25) is 11.8 Å². The molecule has 158 valence electrons. The fraction of sp³-hybridized carbons (Fsp3) is 0.333. The molecule has 0 spiro atoms. The van der Waals surface area contributed by atoms with Crippen LogP contribution in [0.5, 0.6) is 0 Å². The molecule has 0 bridgehead atoms. The number of amides is 2. The van der Waals surface area contributed by atoms with Gasteiger partial charge in [-0.05, 0) is 48.4 Å². The van der Waals surface area contributed by atoms with E-state index < -0.39 is 0 Å². The minimum atomic E-state index is -0.360. The highest BCUT2D eigenvalue weighted by molar-refractivity contribution is 8.00. The fourth-order valence-electron chi connectivity index (χ4n) is 3.57. The molecule has 30 heavy (non-hydrogen) atoms. The molecule has 2 aliphatic rings. The predicted octanol–water partition coefficient (Wildman–Crippen LogP) is 2.54. The van der Waals surface area contributed by atoms with Crippen LogP contribution < -0.4 is 26.4 Å². The Hall–Kier alpha value is -2.26. The Morgan fingerprint density at radius 1 is 1.20 bits per heavy atom. The zero-order chi connectivity index (χ0) is 21.1. The van der Waals surface area contributed by atoms with E-state index in [1.165, 1.54) is 17.3 Å². The van der Waals surface area contributed by atoms with E-state index in [0.29, 0.717) is 11.6 Å². The minimum Gasteiger partial charge on any atom is -0.331 e. The molecule has 3 unspecified atom stereocenters. The van der Waals surface area contributed by atoms with Gasteiger partial charge in [0.15, 0.2) is 0 Å². The summed E-state index contributed by atoms with van der Waals surface area (Å²) in [6.45, 7) is 2.63. The standard InChI is InChI=1S/C21H24ClN5O2S/c1-2-13-3-7-15(8-4-13)24-18(28)12-30-21-25-19-17(20(29)26-21)11-23-27(19)16-9-5-14(22)6-10-16/h3-10,17,19,21,23,25H,2,11-12H2,1H3,(H,24,28)(H,26,29). The smallest absolute Gasteiger partial charge is 0.234 e. The second-order valence-electron chi connectivity index (χ2n) is 7.22. The van der Waals surface area contributed by atoms with Crippen molar-refractivity contribution in [2.75, 3.05) is 22.6 Å². The van der Waals surface area contributed by atoms with Gasteiger partial charge in [-0.3, -0.25) is 19.9 Å². The second kappa shape index (κ2) is 9.26. The average molecular weight is 446 g/mol. The summed E-state index contributed by atoms with van der Waals surface area (Å²) < 4.78 is 0. The lowest BCUT2D eigenvalue weighted by Gasteiger charge is -2.37. The number of halogens is 1. The summed E-state index contributed by atoms with van der Waals surface area (Å²) in [4.78, 5) is 24.9. The van der Waals surface area contributed by atoms with E-state index >= 15 is 0 Å². The molecular formula is C21H24ClN5O2S. The van der Waals surface area contributed by atoms with Gasteiger partial charge in [0.05, 0.1) is 17.4 Å². The molecule has 2 saturated heterocycles. The van der Waals surface area contributed by atoms with Crippen molar-refractivity contribution in [1.29, 1.82) is 0 Å². The lowest BCUT2D eigenvalue weighted by Crippen LogP contribution is -2.63. The van der Waals surface area contributed by atoms with E-state index in [0.717, 1.165) is 17.8 Å². The monoisotopic (exact) mass is 445 g/mol. The van der Waals surface area contributed by atoms with Gasteiger partial charge >= 0.3 is 0 Å². The largest absolute Gasteiger partial charge is 0.331 e. The van der Waals surface area contributed by atoms with Crippen LogP contribution in [0.1, 0.15) is 12.5 Å². The number of aryl methyl sites for hydroxylation is 1. The first-order chi connectivity index (χ1) is 14.5. The molecule has 2 aromatic carbocycles. The normalized spacial score (nSPS) is 23.1. The van der Waals surface area contributed by atoms with E-state index in [-0.39, 0.29) is 35.1 Å². The van der Waals surface area contributed by atoms with Gasteiger partial charge in [-0.1, -0.05) is 30.7 Å². The quantitative estimate of drug-likeness (QED) is 0.546. The topological polar surface area (TPSA) is 85.5 Å². The van der Waals surface area contributed by atoms with E-state index in [2.05, 4.69) is 28.3 Å². The van der Waals surface area contributed by atoms with Crippen molar-refractivity contribution in [1.82, 2.24) is 16.1 Å². The highest BCUT2D eigenvalue weighted by Crippen LogP contribution is 2.27. The highest BCUT2D eigenvalue weighted by atomic mass is 35.5. The van der Waals surface area contributed by atoms with Crippen molar-refractivity contribution in [2.24, 2.45) is 5.92 Å². The van der Waals surface area contributed by atoms with Gasteiger partial charge in [0, 0.05) is 17.3 Å². The first-order valence-electron chi connectivity index (χ1n) is 9.88. The number of thioether (sulfide) groups is 1. The van der Waals surface area contributed by atoms with Crippen molar-refractivity contribution in [3.63, 3.8) is 0 Å². The maximum absolute atomic E-state index is 12.6. The molecule has 2 fully saturated rings. The third-order valence-electron chi connectivity index (χ3n) is 5.20. The third kappa shape index (κ3) is 4.73. The maximum Gasteiger partial charge on any atom is 0.234 e. The van der Waals surface area contributed by atoms with Crippen LogP contribution in [0, 0.1) is 5.92 Å². The predicted molar refractivity (Wildman–Crippen MR) is 121 cm³/mol. The number of hydrazine groups is 1. The molecule has 7 nitrogen and oxygen atoms in total. The number of rotatable bonds is 6. The number of hydrogen-bond donors (Lipinski definition) is 4. The van der Waals surface area contributed by atoms with E-state index in [4.69, 9.17) is 11.6 Å². The molecule has 2 aromatic rings. The Balaban J connectivity index is 1.34. The molecule has 4 N–H and O–H groups in total. The summed E-state index contributed by atoms with van der Waals surface area (Å²) >= 11 is 7.34. The zero-order valence-corrected chi connectivity index (χ0v) is 18.1. The SMILES string of the molecule is CCc1ccc(NC(=O)CSC2NC(=O)C3CNN(c4ccc(Cl)cc4)C3N2)cc1. The maximum atomic E-state index is 12.6. The van der Waals surface area contributed by atoms with E-state index in [1.807, 2.05) is 53.5 Å². The molecular weight excluding hydrogens is 422 g/mol. The number of nitrogens with zero attached hydrogens (tertiary/aromatic N) is 1. The first-order valence-corrected chi connectivity index (χ1v) is 11.3. The van der Waals surface area contributed by atoms with Crippen molar-refractivity contribution in [2.45, 2.75) is 25.0 Å². The number of hydrogen-bond acceptors (Lipinski definition) is 6. The first kappa shape index (κ1) is 21.0. The Morgan fingerprint density at radius 2 is 1.93 bits per heavy atom. The van der Waals surface area contributed by atoms with Crippen LogP contribution in [0.4, 0.5) is 11.4 Å². The lowest BCUT2D eigenvalue weighted by atomic mass is 10.1. The van der Waals surface area contributed by atoms with Crippen LogP contribution >= 0.6 is 23.4 Å². The number of carbonyl (C=O) groups is 2. The van der Waals surface area contributed by atoms with Gasteiger partial charge in [-0.15, -0.1) is 11.8 Å². The Kier molecular flexibility index (Phi) is 6.48. The summed E-state index contributed by atoms with van der Waals surface area (Å²) in [6, 6.07) is 15.3. The summed E-state index contributed by atoms with van der Waals surface area (Å²) in [5, 5.41) is 11.9. The van der Waals surface area contributed by atoms with Gasteiger partial charge in [0.25, 0.3) is 0 Å². The molecule has 0 aromatic heterocycles. The molecule has 3 atom stereocenters. The Labute approximate surface area is 184 Å². The number of carbonyl (C=O) groups excluding carboxylic acids is 2. The zero-order valence-electron chi connectivity index (χ0n) is 16.5. The molecule has 2 amide bonds. The molecule has 2 heterocycles. The molecule has 2 aliphatic heterocycles. The van der Waals surface area contributed by atoms with E-state index in [1.54, 1.807) is 0 Å².